The number of halogens is 2. The van der Waals surface area contributed by atoms with Crippen molar-refractivity contribution in [2.75, 3.05) is 6.54 Å². The van der Waals surface area contributed by atoms with Gasteiger partial charge in [-0.25, -0.2) is 8.42 Å². The minimum atomic E-state index is -3.70. The van der Waals surface area contributed by atoms with E-state index in [1.165, 1.54) is 12.1 Å². The molecule has 0 amide bonds. The van der Waals surface area contributed by atoms with Crippen LogP contribution in [-0.4, -0.2) is 15.0 Å². The van der Waals surface area contributed by atoms with E-state index in [9.17, 15) is 8.42 Å². The molecule has 1 rings (SSSR count). The van der Waals surface area contributed by atoms with Gasteiger partial charge in [-0.15, -0.1) is 0 Å². The van der Waals surface area contributed by atoms with Gasteiger partial charge in [-0.1, -0.05) is 27.5 Å². The Hall–Kier alpha value is -0.610. The molecule has 0 heterocycles. The number of sulfonamides is 1. The molecule has 0 spiro atoms. The Labute approximate surface area is 101 Å². The molecule has 0 saturated heterocycles. The maximum atomic E-state index is 11.6. The summed E-state index contributed by atoms with van der Waals surface area (Å²) in [6.45, 7) is -0.283. The highest BCUT2D eigenvalue weighted by molar-refractivity contribution is 9.10. The Morgan fingerprint density at radius 1 is 1.53 bits per heavy atom. The molecule has 0 atom stereocenters. The molecular weight excluding hydrogens is 304 g/mol. The Kier molecular flexibility index (Phi) is 4.11. The molecule has 0 aromatic heterocycles. The number of nitrogens with one attached hydrogen (secondary N) is 1. The fourth-order valence-corrected chi connectivity index (χ4v) is 2.85. The summed E-state index contributed by atoms with van der Waals surface area (Å²) in [6, 6.07) is 6.09. The van der Waals surface area contributed by atoms with Crippen molar-refractivity contribution in [1.82, 2.24) is 4.72 Å². The zero-order chi connectivity index (χ0) is 11.5. The zero-order valence-corrected chi connectivity index (χ0v) is 10.5. The first kappa shape index (κ1) is 12.5. The fraction of sp³-hybridized carbons (Fsp3) is 0.125. The van der Waals surface area contributed by atoms with Crippen molar-refractivity contribution in [2.45, 2.75) is 4.90 Å². The van der Waals surface area contributed by atoms with E-state index in [-0.39, 0.29) is 16.5 Å². The maximum absolute atomic E-state index is 11.6. The van der Waals surface area contributed by atoms with Crippen molar-refractivity contribution < 1.29 is 8.42 Å². The largest absolute Gasteiger partial charge is 0.242 e. The van der Waals surface area contributed by atoms with Crippen molar-refractivity contribution in [3.8, 4) is 6.07 Å². The van der Waals surface area contributed by atoms with Crippen molar-refractivity contribution in [2.24, 2.45) is 0 Å². The second-order valence-electron chi connectivity index (χ2n) is 2.56. The molecule has 0 aliphatic carbocycles. The molecule has 15 heavy (non-hydrogen) atoms. The number of nitriles is 1. The van der Waals surface area contributed by atoms with Gasteiger partial charge >= 0.3 is 0 Å². The predicted molar refractivity (Wildman–Crippen MR) is 60.0 cm³/mol. The van der Waals surface area contributed by atoms with Crippen molar-refractivity contribution in [3.63, 3.8) is 0 Å². The summed E-state index contributed by atoms with van der Waals surface area (Å²) >= 11 is 8.92. The number of nitrogens with zero attached hydrogens (tertiary/aromatic N) is 1. The molecule has 1 aromatic rings. The van der Waals surface area contributed by atoms with Gasteiger partial charge in [0.2, 0.25) is 10.0 Å². The molecule has 1 N–H and O–H groups in total. The number of benzene rings is 1. The van der Waals surface area contributed by atoms with Crippen molar-refractivity contribution >= 4 is 37.6 Å². The number of hydrogen-bond donors (Lipinski definition) is 1. The van der Waals surface area contributed by atoms with Crippen LogP contribution in [0.2, 0.25) is 5.02 Å². The number of hydrogen-bond acceptors (Lipinski definition) is 3. The Bertz CT molecular complexity index is 510. The molecule has 4 nitrogen and oxygen atoms in total. The molecule has 0 bridgehead atoms. The van der Waals surface area contributed by atoms with Gasteiger partial charge in [-0.2, -0.15) is 9.98 Å². The van der Waals surface area contributed by atoms with Crippen LogP contribution in [0.25, 0.3) is 0 Å². The van der Waals surface area contributed by atoms with E-state index in [4.69, 9.17) is 16.9 Å². The van der Waals surface area contributed by atoms with Gasteiger partial charge in [0.1, 0.15) is 4.90 Å². The van der Waals surface area contributed by atoms with Crippen LogP contribution >= 0.6 is 27.5 Å². The first-order valence-corrected chi connectivity index (χ1v) is 6.44. The lowest BCUT2D eigenvalue weighted by Crippen LogP contribution is -2.24. The Morgan fingerprint density at radius 3 is 2.73 bits per heavy atom. The van der Waals surface area contributed by atoms with Crippen LogP contribution in [0.4, 0.5) is 0 Å². The van der Waals surface area contributed by atoms with Gasteiger partial charge in [0.25, 0.3) is 0 Å². The van der Waals surface area contributed by atoms with Gasteiger partial charge in [0.05, 0.1) is 17.6 Å². The molecule has 0 saturated carbocycles. The molecule has 0 fully saturated rings. The highest BCUT2D eigenvalue weighted by Crippen LogP contribution is 2.24. The smallest absolute Gasteiger partial charge is 0.207 e. The third kappa shape index (κ3) is 3.18. The van der Waals surface area contributed by atoms with Gasteiger partial charge in [-0.3, -0.25) is 0 Å². The predicted octanol–water partition coefficient (Wildman–Crippen LogP) is 1.90. The van der Waals surface area contributed by atoms with Gasteiger partial charge < -0.3 is 0 Å². The molecule has 1 aromatic carbocycles. The fourth-order valence-electron chi connectivity index (χ4n) is 0.898. The third-order valence-electron chi connectivity index (χ3n) is 1.52. The molecule has 7 heteroatoms. The summed E-state index contributed by atoms with van der Waals surface area (Å²) in [5, 5.41) is 8.38. The lowest BCUT2D eigenvalue weighted by molar-refractivity contribution is 0.586. The van der Waals surface area contributed by atoms with Crippen LogP contribution in [0.3, 0.4) is 0 Å². The third-order valence-corrected chi connectivity index (χ3v) is 3.90. The van der Waals surface area contributed by atoms with E-state index < -0.39 is 10.0 Å². The molecule has 0 aliphatic rings. The molecular formula is C8H6BrClN2O2S. The second-order valence-corrected chi connectivity index (χ2v) is 5.62. The summed E-state index contributed by atoms with van der Waals surface area (Å²) in [7, 11) is -3.70. The van der Waals surface area contributed by atoms with Gasteiger partial charge in [0, 0.05) is 4.47 Å². The average molecular weight is 310 g/mol. The van der Waals surface area contributed by atoms with Crippen LogP contribution in [-0.2, 0) is 10.0 Å². The van der Waals surface area contributed by atoms with Crippen LogP contribution in [0.1, 0.15) is 0 Å². The summed E-state index contributed by atoms with van der Waals surface area (Å²) < 4.78 is 25.9. The molecule has 0 aliphatic heterocycles. The van der Waals surface area contributed by atoms with E-state index in [0.29, 0.717) is 4.47 Å². The van der Waals surface area contributed by atoms with E-state index in [1.807, 2.05) is 0 Å². The normalized spacial score (nSPS) is 11.0. The van der Waals surface area contributed by atoms with Gasteiger partial charge in [-0.05, 0) is 18.2 Å². The number of rotatable bonds is 3. The maximum Gasteiger partial charge on any atom is 0.242 e. The SMILES string of the molecule is N#CCNS(=O)(=O)c1ccc(Br)cc1Cl. The summed E-state index contributed by atoms with van der Waals surface area (Å²) in [4.78, 5) is -0.0392. The molecule has 0 unspecified atom stereocenters. The van der Waals surface area contributed by atoms with E-state index in [0.717, 1.165) is 0 Å². The van der Waals surface area contributed by atoms with Crippen molar-refractivity contribution in [3.05, 3.63) is 27.7 Å². The summed E-state index contributed by atoms with van der Waals surface area (Å²) in [6.07, 6.45) is 0. The monoisotopic (exact) mass is 308 g/mol. The van der Waals surface area contributed by atoms with E-state index in [2.05, 4.69) is 20.7 Å². The van der Waals surface area contributed by atoms with E-state index in [1.54, 1.807) is 12.1 Å². The zero-order valence-electron chi connectivity index (χ0n) is 7.37. The average Bonchev–Trinajstić information content (AvgIpc) is 2.14. The van der Waals surface area contributed by atoms with Crippen LogP contribution < -0.4 is 4.72 Å². The second kappa shape index (κ2) is 4.94. The summed E-state index contributed by atoms with van der Waals surface area (Å²) in [5.41, 5.74) is 0. The Balaban J connectivity index is 3.12. The summed E-state index contributed by atoms with van der Waals surface area (Å²) in [5.74, 6) is 0. The minimum Gasteiger partial charge on any atom is -0.207 e. The minimum absolute atomic E-state index is 0.0392. The Morgan fingerprint density at radius 2 is 2.20 bits per heavy atom. The highest BCUT2D eigenvalue weighted by atomic mass is 79.9. The first-order valence-electron chi connectivity index (χ1n) is 3.79. The lowest BCUT2D eigenvalue weighted by Gasteiger charge is -2.05. The standard InChI is InChI=1S/C8H6BrClN2O2S/c9-6-1-2-8(7(10)5-6)15(13,14)12-4-3-11/h1-2,5,12H,4H2. The molecule has 80 valence electrons. The first-order chi connectivity index (χ1) is 6.97. The molecule has 0 radical (unpaired) electrons. The van der Waals surface area contributed by atoms with Crippen LogP contribution in [0.5, 0.6) is 0 Å². The lowest BCUT2D eigenvalue weighted by atomic mass is 10.4. The van der Waals surface area contributed by atoms with Crippen molar-refractivity contribution in [1.29, 1.82) is 5.26 Å². The van der Waals surface area contributed by atoms with Crippen LogP contribution in [0, 0.1) is 11.3 Å². The quantitative estimate of drug-likeness (QED) is 0.867. The van der Waals surface area contributed by atoms with E-state index >= 15 is 0 Å². The topological polar surface area (TPSA) is 70.0 Å². The van der Waals surface area contributed by atoms with Gasteiger partial charge in [0.15, 0.2) is 0 Å². The highest BCUT2D eigenvalue weighted by Gasteiger charge is 2.16. The van der Waals surface area contributed by atoms with Crippen LogP contribution in [0.15, 0.2) is 27.6 Å².